The first-order valence-electron chi connectivity index (χ1n) is 8.53. The van der Waals surface area contributed by atoms with E-state index < -0.39 is 16.0 Å². The number of carboxylic acid groups (broad SMARTS) is 1. The van der Waals surface area contributed by atoms with Gasteiger partial charge in [-0.05, 0) is 35.9 Å². The van der Waals surface area contributed by atoms with E-state index in [-0.39, 0.29) is 22.0 Å². The molecule has 7 nitrogen and oxygen atoms in total. The first-order valence-corrected chi connectivity index (χ1v) is 10.8. The molecule has 0 aliphatic rings. The molecule has 2 aromatic carbocycles. The Morgan fingerprint density at radius 1 is 1.14 bits per heavy atom. The van der Waals surface area contributed by atoms with E-state index >= 15 is 0 Å². The summed E-state index contributed by atoms with van der Waals surface area (Å²) < 4.78 is 28.2. The van der Waals surface area contributed by atoms with Crippen molar-refractivity contribution in [3.8, 4) is 0 Å². The third-order valence-corrected chi connectivity index (χ3v) is 6.02. The summed E-state index contributed by atoms with van der Waals surface area (Å²) in [4.78, 5) is 17.7. The smallest absolute Gasteiger partial charge is 0.339 e. The quantitative estimate of drug-likeness (QED) is 0.535. The van der Waals surface area contributed by atoms with Crippen molar-refractivity contribution >= 4 is 43.4 Å². The molecule has 0 aliphatic heterocycles. The van der Waals surface area contributed by atoms with Crippen LogP contribution < -0.4 is 9.62 Å². The van der Waals surface area contributed by atoms with Gasteiger partial charge in [-0.15, -0.1) is 0 Å². The van der Waals surface area contributed by atoms with E-state index in [9.17, 15) is 18.3 Å². The minimum atomic E-state index is -3.87. The normalized spacial score (nSPS) is 11.1. The van der Waals surface area contributed by atoms with Crippen molar-refractivity contribution in [2.75, 3.05) is 16.7 Å². The lowest BCUT2D eigenvalue weighted by Gasteiger charge is -2.20. The fourth-order valence-corrected chi connectivity index (χ4v) is 4.03. The largest absolute Gasteiger partial charge is 0.478 e. The van der Waals surface area contributed by atoms with Crippen LogP contribution in [-0.2, 0) is 16.6 Å². The zero-order valence-corrected chi connectivity index (χ0v) is 17.8. The Labute approximate surface area is 177 Å². The van der Waals surface area contributed by atoms with E-state index in [0.717, 1.165) is 10.0 Å². The molecule has 0 saturated heterocycles. The molecule has 0 fully saturated rings. The molecule has 0 unspecified atom stereocenters. The molecule has 3 rings (SSSR count). The number of nitrogens with zero attached hydrogens (tertiary/aromatic N) is 2. The lowest BCUT2D eigenvalue weighted by atomic mass is 10.2. The molecular formula is C20H18BrN3O4S. The van der Waals surface area contributed by atoms with Crippen molar-refractivity contribution in [3.63, 3.8) is 0 Å². The highest BCUT2D eigenvalue weighted by Gasteiger charge is 2.19. The maximum absolute atomic E-state index is 12.5. The van der Waals surface area contributed by atoms with Gasteiger partial charge in [-0.2, -0.15) is 0 Å². The Bertz CT molecular complexity index is 1120. The topological polar surface area (TPSA) is 99.6 Å². The molecule has 2 N–H and O–H groups in total. The highest BCUT2D eigenvalue weighted by atomic mass is 79.9. The molecule has 0 saturated carbocycles. The summed E-state index contributed by atoms with van der Waals surface area (Å²) in [5.41, 5.74) is 0.967. The molecule has 150 valence electrons. The van der Waals surface area contributed by atoms with E-state index in [1.165, 1.54) is 24.4 Å². The lowest BCUT2D eigenvalue weighted by Crippen LogP contribution is -2.21. The maximum Gasteiger partial charge on any atom is 0.339 e. The second-order valence-corrected chi connectivity index (χ2v) is 8.90. The van der Waals surface area contributed by atoms with E-state index in [1.54, 1.807) is 24.1 Å². The van der Waals surface area contributed by atoms with Crippen molar-refractivity contribution in [2.45, 2.75) is 11.4 Å². The van der Waals surface area contributed by atoms with Gasteiger partial charge in [0.25, 0.3) is 10.0 Å². The van der Waals surface area contributed by atoms with Crippen LogP contribution in [0.4, 0.5) is 11.5 Å². The number of benzene rings is 2. The van der Waals surface area contributed by atoms with Gasteiger partial charge in [-0.1, -0.05) is 46.3 Å². The van der Waals surface area contributed by atoms with Crippen LogP contribution in [0.2, 0.25) is 0 Å². The highest BCUT2D eigenvalue weighted by Crippen LogP contribution is 2.24. The third-order valence-electron chi connectivity index (χ3n) is 4.10. The number of nitrogens with one attached hydrogen (secondary N) is 1. The van der Waals surface area contributed by atoms with Gasteiger partial charge in [0.05, 0.1) is 16.8 Å². The monoisotopic (exact) mass is 475 g/mol. The predicted octanol–water partition coefficient (Wildman–Crippen LogP) is 3.98. The van der Waals surface area contributed by atoms with Crippen molar-refractivity contribution in [3.05, 3.63) is 82.5 Å². The standard InChI is InChI=1S/C20H18BrN3O4S/c1-24(13-14-5-3-2-4-6-14)19-18(20(25)26)11-16(12-22-19)23-29(27,28)17-9-7-15(21)8-10-17/h2-12,23H,13H2,1H3,(H,25,26). The van der Waals surface area contributed by atoms with Crippen molar-refractivity contribution in [2.24, 2.45) is 0 Å². The molecule has 0 aliphatic carbocycles. The van der Waals surface area contributed by atoms with Gasteiger partial charge in [0.1, 0.15) is 11.4 Å². The summed E-state index contributed by atoms with van der Waals surface area (Å²) in [6, 6.07) is 16.9. The minimum absolute atomic E-state index is 0.0582. The Morgan fingerprint density at radius 2 is 1.79 bits per heavy atom. The minimum Gasteiger partial charge on any atom is -0.478 e. The number of carboxylic acids is 1. The molecular weight excluding hydrogens is 458 g/mol. The molecule has 9 heteroatoms. The average molecular weight is 476 g/mol. The number of hydrogen-bond donors (Lipinski definition) is 2. The van der Waals surface area contributed by atoms with Crippen molar-refractivity contribution in [1.29, 1.82) is 0 Å². The fraction of sp³-hybridized carbons (Fsp3) is 0.100. The summed E-state index contributed by atoms with van der Waals surface area (Å²) >= 11 is 3.25. The zero-order chi connectivity index (χ0) is 21.0. The molecule has 0 spiro atoms. The average Bonchev–Trinajstić information content (AvgIpc) is 2.68. The van der Waals surface area contributed by atoms with E-state index in [2.05, 4.69) is 25.6 Å². The molecule has 3 aromatic rings. The maximum atomic E-state index is 12.5. The van der Waals surface area contributed by atoms with Crippen LogP contribution in [-0.4, -0.2) is 31.5 Å². The first kappa shape index (κ1) is 20.8. The molecule has 1 aromatic heterocycles. The number of aromatic carboxylic acids is 1. The number of rotatable bonds is 7. The molecule has 29 heavy (non-hydrogen) atoms. The number of hydrogen-bond acceptors (Lipinski definition) is 5. The van der Waals surface area contributed by atoms with Gasteiger partial charge in [0.15, 0.2) is 0 Å². The predicted molar refractivity (Wildman–Crippen MR) is 115 cm³/mol. The summed E-state index contributed by atoms with van der Waals surface area (Å²) in [7, 11) is -2.14. The fourth-order valence-electron chi connectivity index (χ4n) is 2.73. The van der Waals surface area contributed by atoms with Gasteiger partial charge in [0, 0.05) is 18.1 Å². The number of carbonyl (C=O) groups is 1. The molecule has 0 radical (unpaired) electrons. The summed E-state index contributed by atoms with van der Waals surface area (Å²) in [6.07, 6.45) is 1.31. The number of sulfonamides is 1. The third kappa shape index (κ3) is 5.12. The number of halogens is 1. The van der Waals surface area contributed by atoms with Crippen molar-refractivity contribution < 1.29 is 18.3 Å². The summed E-state index contributed by atoms with van der Waals surface area (Å²) in [6.45, 7) is 0.456. The van der Waals surface area contributed by atoms with Gasteiger partial charge in [0.2, 0.25) is 0 Å². The SMILES string of the molecule is CN(Cc1ccccc1)c1ncc(NS(=O)(=O)c2ccc(Br)cc2)cc1C(=O)O. The Morgan fingerprint density at radius 3 is 2.41 bits per heavy atom. The Hall–Kier alpha value is -2.91. The van der Waals surface area contributed by atoms with Gasteiger partial charge in [-0.25, -0.2) is 18.2 Å². The van der Waals surface area contributed by atoms with Crippen LogP contribution in [0.5, 0.6) is 0 Å². The lowest BCUT2D eigenvalue weighted by molar-refractivity contribution is 0.0697. The van der Waals surface area contributed by atoms with E-state index in [0.29, 0.717) is 6.54 Å². The second kappa shape index (κ2) is 8.62. The van der Waals surface area contributed by atoms with Crippen LogP contribution in [0, 0.1) is 0 Å². The van der Waals surface area contributed by atoms with Crippen molar-refractivity contribution in [1.82, 2.24) is 4.98 Å². The Kier molecular flexibility index (Phi) is 6.19. The van der Waals surface area contributed by atoms with E-state index in [1.807, 2.05) is 30.3 Å². The van der Waals surface area contributed by atoms with Crippen LogP contribution in [0.1, 0.15) is 15.9 Å². The number of aromatic nitrogens is 1. The first-order chi connectivity index (χ1) is 13.8. The highest BCUT2D eigenvalue weighted by molar-refractivity contribution is 9.10. The molecule has 0 bridgehead atoms. The molecule has 0 amide bonds. The van der Waals surface area contributed by atoms with Gasteiger partial charge < -0.3 is 10.0 Å². The number of pyridine rings is 1. The van der Waals surface area contributed by atoms with Gasteiger partial charge in [-0.3, -0.25) is 4.72 Å². The van der Waals surface area contributed by atoms with E-state index in [4.69, 9.17) is 0 Å². The van der Waals surface area contributed by atoms with Gasteiger partial charge >= 0.3 is 5.97 Å². The van der Waals surface area contributed by atoms with Crippen LogP contribution in [0.15, 0.2) is 76.2 Å². The second-order valence-electron chi connectivity index (χ2n) is 6.30. The summed E-state index contributed by atoms with van der Waals surface area (Å²) in [5, 5.41) is 9.60. The molecule has 0 atom stereocenters. The van der Waals surface area contributed by atoms with Crippen LogP contribution in [0.3, 0.4) is 0 Å². The molecule has 1 heterocycles. The Balaban J connectivity index is 1.87. The van der Waals surface area contributed by atoms with Crippen LogP contribution in [0.25, 0.3) is 0 Å². The summed E-state index contributed by atoms with van der Waals surface area (Å²) in [5.74, 6) is -0.954. The number of anilines is 2. The van der Waals surface area contributed by atoms with Crippen LogP contribution >= 0.6 is 15.9 Å². The zero-order valence-electron chi connectivity index (χ0n) is 15.4.